The van der Waals surface area contributed by atoms with E-state index in [1.54, 1.807) is 20.1 Å². The van der Waals surface area contributed by atoms with E-state index in [4.69, 9.17) is 14.2 Å². The van der Waals surface area contributed by atoms with Gasteiger partial charge < -0.3 is 24.8 Å². The first-order valence-electron chi connectivity index (χ1n) is 15.0. The molecule has 2 aromatic rings. The lowest BCUT2D eigenvalue weighted by Crippen LogP contribution is -2.46. The molecule has 2 bridgehead atoms. The third-order valence-corrected chi connectivity index (χ3v) is 7.54. The normalized spacial score (nSPS) is 19.5. The van der Waals surface area contributed by atoms with E-state index < -0.39 is 5.41 Å². The van der Waals surface area contributed by atoms with Crippen LogP contribution in [0.3, 0.4) is 0 Å². The van der Waals surface area contributed by atoms with Gasteiger partial charge in [0, 0.05) is 32.6 Å². The van der Waals surface area contributed by atoms with Crippen LogP contribution in [0, 0.1) is 11.3 Å². The maximum atomic E-state index is 13.5. The highest BCUT2D eigenvalue weighted by molar-refractivity contribution is 5.80. The molecule has 0 saturated carbocycles. The molecule has 1 atom stereocenters. The number of hydrogen-bond acceptors (Lipinski definition) is 7. The zero-order valence-electron chi connectivity index (χ0n) is 25.6. The molecule has 0 saturated heterocycles. The topological polar surface area (TPSA) is 106 Å². The van der Waals surface area contributed by atoms with Crippen molar-refractivity contribution in [3.05, 3.63) is 59.7 Å². The van der Waals surface area contributed by atoms with Gasteiger partial charge in [0.1, 0.15) is 0 Å². The largest absolute Gasteiger partial charge is 0.493 e. The van der Waals surface area contributed by atoms with E-state index in [1.807, 2.05) is 30.3 Å². The van der Waals surface area contributed by atoms with Gasteiger partial charge in [-0.2, -0.15) is 0 Å². The van der Waals surface area contributed by atoms with Gasteiger partial charge in [-0.25, -0.2) is 0 Å². The van der Waals surface area contributed by atoms with Crippen LogP contribution >= 0.6 is 0 Å². The molecule has 0 fully saturated rings. The highest BCUT2D eigenvalue weighted by Gasteiger charge is 2.40. The molecule has 0 aliphatic carbocycles. The van der Waals surface area contributed by atoms with Crippen LogP contribution < -0.4 is 20.1 Å². The van der Waals surface area contributed by atoms with Crippen molar-refractivity contribution in [2.24, 2.45) is 11.3 Å². The lowest BCUT2D eigenvalue weighted by molar-refractivity contribution is -0.156. The molecule has 0 spiro atoms. The quantitative estimate of drug-likeness (QED) is 0.357. The summed E-state index contributed by atoms with van der Waals surface area (Å²) in [6.07, 6.45) is 2.70. The predicted octanol–water partition coefficient (Wildman–Crippen LogP) is 4.13. The van der Waals surface area contributed by atoms with Gasteiger partial charge >= 0.3 is 5.97 Å². The Kier molecular flexibility index (Phi) is 13.1. The van der Waals surface area contributed by atoms with Crippen molar-refractivity contribution >= 4 is 17.8 Å². The number of rotatable bonds is 8. The summed E-state index contributed by atoms with van der Waals surface area (Å²) in [5.74, 6) is 0.640. The van der Waals surface area contributed by atoms with Crippen LogP contribution in [0.1, 0.15) is 57.6 Å². The standard InChI is InChI=1S/C33H47N3O6/c1-5-41-32(39)33(16-15-25(2)3)21-27-13-14-28(29(20-27)40-4)42-23-31(38)34-17-19-36(18-9-12-30(37)35-24-33)22-26-10-7-6-8-11-26/h6-8,10-11,13-14,20,25H,5,9,12,15-19,21-24H2,1-4H3,(H,34,38)(H,35,37). The molecule has 4 rings (SSSR count). The lowest BCUT2D eigenvalue weighted by Gasteiger charge is -2.33. The molecular formula is C33H47N3O6. The third kappa shape index (κ3) is 10.4. The van der Waals surface area contributed by atoms with Crippen molar-refractivity contribution in [2.45, 2.75) is 59.4 Å². The fourth-order valence-electron chi connectivity index (χ4n) is 5.15. The number of nitrogens with zero attached hydrogens (tertiary/aromatic N) is 1. The van der Waals surface area contributed by atoms with Crippen LogP contribution in [-0.2, 0) is 32.1 Å². The second kappa shape index (κ2) is 16.8. The van der Waals surface area contributed by atoms with Gasteiger partial charge in [0.2, 0.25) is 5.91 Å². The Hall–Kier alpha value is -3.59. The molecule has 2 aromatic carbocycles. The number of carbonyl (C=O) groups excluding carboxylic acids is 3. The first-order valence-corrected chi connectivity index (χ1v) is 15.0. The summed E-state index contributed by atoms with van der Waals surface area (Å²) in [6, 6.07) is 15.6. The molecule has 1 unspecified atom stereocenters. The maximum absolute atomic E-state index is 13.5. The van der Waals surface area contributed by atoms with Crippen LogP contribution in [0.2, 0.25) is 0 Å². The van der Waals surface area contributed by atoms with Crippen LogP contribution in [0.4, 0.5) is 0 Å². The van der Waals surface area contributed by atoms with Gasteiger partial charge in [0.25, 0.3) is 5.91 Å². The van der Waals surface area contributed by atoms with Crippen molar-refractivity contribution in [3.63, 3.8) is 0 Å². The Morgan fingerprint density at radius 2 is 1.86 bits per heavy atom. The zero-order chi connectivity index (χ0) is 30.4. The molecular weight excluding hydrogens is 534 g/mol. The van der Waals surface area contributed by atoms with Crippen molar-refractivity contribution in [2.75, 3.05) is 46.5 Å². The average Bonchev–Trinajstić information content (AvgIpc) is 2.98. The van der Waals surface area contributed by atoms with E-state index in [0.717, 1.165) is 17.5 Å². The Morgan fingerprint density at radius 3 is 2.57 bits per heavy atom. The molecule has 42 heavy (non-hydrogen) atoms. The number of nitrogens with one attached hydrogen (secondary N) is 2. The van der Waals surface area contributed by atoms with E-state index in [1.165, 1.54) is 0 Å². The number of fused-ring (bicyclic) bond motifs is 16. The number of hydrogen-bond donors (Lipinski definition) is 2. The second-order valence-corrected chi connectivity index (χ2v) is 11.4. The number of carbonyl (C=O) groups is 3. The highest BCUT2D eigenvalue weighted by atomic mass is 16.5. The molecule has 0 aromatic heterocycles. The smallest absolute Gasteiger partial charge is 0.314 e. The molecule has 2 aliphatic rings. The Bertz CT molecular complexity index is 1160. The van der Waals surface area contributed by atoms with Gasteiger partial charge in [-0.15, -0.1) is 0 Å². The van der Waals surface area contributed by atoms with E-state index in [9.17, 15) is 14.4 Å². The SMILES string of the molecule is CCOC(=O)C1(CCC(C)C)CNC(=O)CCCN(Cc2ccccc2)CCNC(=O)COc2ccc(cc2OC)C1. The molecule has 230 valence electrons. The van der Waals surface area contributed by atoms with Gasteiger partial charge in [-0.3, -0.25) is 19.3 Å². The van der Waals surface area contributed by atoms with Crippen molar-refractivity contribution in [1.82, 2.24) is 15.5 Å². The lowest BCUT2D eigenvalue weighted by atomic mass is 9.76. The summed E-state index contributed by atoms with van der Waals surface area (Å²) in [5, 5.41) is 6.00. The van der Waals surface area contributed by atoms with Gasteiger partial charge in [-0.05, 0) is 68.3 Å². The first kappa shape index (κ1) is 32.9. The number of esters is 1. The molecule has 2 heterocycles. The third-order valence-electron chi connectivity index (χ3n) is 7.54. The maximum Gasteiger partial charge on any atom is 0.314 e. The van der Waals surface area contributed by atoms with Crippen LogP contribution in [0.15, 0.2) is 48.5 Å². The summed E-state index contributed by atoms with van der Waals surface area (Å²) >= 11 is 0. The monoisotopic (exact) mass is 581 g/mol. The minimum absolute atomic E-state index is 0.0968. The molecule has 2 aliphatic heterocycles. The molecule has 9 heteroatoms. The number of ether oxygens (including phenoxy) is 3. The second-order valence-electron chi connectivity index (χ2n) is 11.4. The summed E-state index contributed by atoms with van der Waals surface area (Å²) in [7, 11) is 1.54. The Morgan fingerprint density at radius 1 is 1.07 bits per heavy atom. The highest BCUT2D eigenvalue weighted by Crippen LogP contribution is 2.35. The predicted molar refractivity (Wildman–Crippen MR) is 162 cm³/mol. The number of methoxy groups -OCH3 is 1. The van der Waals surface area contributed by atoms with E-state index >= 15 is 0 Å². The summed E-state index contributed by atoms with van der Waals surface area (Å²) in [6.45, 7) is 8.80. The van der Waals surface area contributed by atoms with Crippen LogP contribution in [-0.4, -0.2) is 69.2 Å². The summed E-state index contributed by atoms with van der Waals surface area (Å²) < 4.78 is 17.0. The zero-order valence-corrected chi connectivity index (χ0v) is 25.6. The fourth-order valence-corrected chi connectivity index (χ4v) is 5.15. The van der Waals surface area contributed by atoms with Gasteiger partial charge in [-0.1, -0.05) is 50.2 Å². The summed E-state index contributed by atoms with van der Waals surface area (Å²) in [4.78, 5) is 41.4. The Balaban J connectivity index is 1.88. The van der Waals surface area contributed by atoms with Gasteiger partial charge in [0.15, 0.2) is 18.1 Å². The van der Waals surface area contributed by atoms with Crippen molar-refractivity contribution in [3.8, 4) is 11.5 Å². The average molecular weight is 582 g/mol. The molecule has 2 N–H and O–H groups in total. The van der Waals surface area contributed by atoms with Crippen LogP contribution in [0.5, 0.6) is 11.5 Å². The van der Waals surface area contributed by atoms with Gasteiger partial charge in [0.05, 0.1) is 19.1 Å². The number of amides is 2. The minimum Gasteiger partial charge on any atom is -0.493 e. The Labute approximate surface area is 250 Å². The van der Waals surface area contributed by atoms with E-state index in [0.29, 0.717) is 69.3 Å². The molecule has 0 radical (unpaired) electrons. The molecule has 9 nitrogen and oxygen atoms in total. The fraction of sp³-hybridized carbons (Fsp3) is 0.545. The van der Waals surface area contributed by atoms with Crippen molar-refractivity contribution < 1.29 is 28.6 Å². The minimum atomic E-state index is -0.939. The van der Waals surface area contributed by atoms with Crippen molar-refractivity contribution in [1.29, 1.82) is 0 Å². The van der Waals surface area contributed by atoms with E-state index in [-0.39, 0.29) is 37.5 Å². The van der Waals surface area contributed by atoms with Crippen LogP contribution in [0.25, 0.3) is 0 Å². The first-order chi connectivity index (χ1) is 20.2. The number of benzene rings is 2. The molecule has 2 amide bonds. The summed E-state index contributed by atoms with van der Waals surface area (Å²) in [5.41, 5.74) is 1.07. The van der Waals surface area contributed by atoms with E-state index in [2.05, 4.69) is 41.5 Å².